The lowest BCUT2D eigenvalue weighted by atomic mass is 10.1. The number of hydrogen-bond donors (Lipinski definition) is 0. The molecule has 0 fully saturated rings. The highest BCUT2D eigenvalue weighted by Gasteiger charge is 2.35. The number of anilines is 1. The second-order valence-corrected chi connectivity index (χ2v) is 7.79. The largest absolute Gasteiger partial charge is 0.426 e. The summed E-state index contributed by atoms with van der Waals surface area (Å²) in [6.07, 6.45) is 0.0908. The van der Waals surface area contributed by atoms with Crippen LogP contribution in [0.15, 0.2) is 83.8 Å². The van der Waals surface area contributed by atoms with Crippen LogP contribution in [0.3, 0.4) is 0 Å². The molecule has 0 saturated heterocycles. The van der Waals surface area contributed by atoms with Crippen molar-refractivity contribution in [2.75, 3.05) is 4.90 Å². The molecule has 4 nitrogen and oxygen atoms in total. The van der Waals surface area contributed by atoms with E-state index in [1.807, 2.05) is 73.7 Å². The zero-order valence-electron chi connectivity index (χ0n) is 15.4. The molecule has 0 saturated carbocycles. The number of para-hydroxylation sites is 1. The van der Waals surface area contributed by atoms with Gasteiger partial charge in [0.1, 0.15) is 5.75 Å². The number of carbonyl (C=O) groups excluding carboxylic acids is 2. The number of nitrogens with zero attached hydrogens (tertiary/aromatic N) is 1. The van der Waals surface area contributed by atoms with Crippen LogP contribution in [0.4, 0.5) is 5.69 Å². The molecule has 1 unspecified atom stereocenters. The molecule has 1 aliphatic heterocycles. The molecule has 0 bridgehead atoms. The molecule has 140 valence electrons. The number of esters is 1. The van der Waals surface area contributed by atoms with Gasteiger partial charge in [-0.25, -0.2) is 0 Å². The van der Waals surface area contributed by atoms with Gasteiger partial charge in [-0.1, -0.05) is 59.8 Å². The first-order valence-corrected chi connectivity index (χ1v) is 9.91. The van der Waals surface area contributed by atoms with Crippen molar-refractivity contribution in [2.45, 2.75) is 23.6 Å². The van der Waals surface area contributed by atoms with Crippen molar-refractivity contribution >= 4 is 29.3 Å². The first-order valence-electron chi connectivity index (χ1n) is 9.03. The van der Waals surface area contributed by atoms with E-state index in [0.29, 0.717) is 11.3 Å². The predicted molar refractivity (Wildman–Crippen MR) is 111 cm³/mol. The highest BCUT2D eigenvalue weighted by atomic mass is 32.2. The molecular weight excluding hydrogens is 370 g/mol. The maximum absolute atomic E-state index is 13.2. The standard InChI is InChI=1S/C23H19NO3S/c1-16-11-13-17(14-12-16)24-21(15-22(25)27-18-7-3-2-4-8-18)28-20-10-6-5-9-19(20)23(24)26/h2-14,21H,15H2,1H3. The van der Waals surface area contributed by atoms with Gasteiger partial charge in [-0.2, -0.15) is 0 Å². The van der Waals surface area contributed by atoms with Crippen LogP contribution in [0, 0.1) is 6.92 Å². The fraction of sp³-hybridized carbons (Fsp3) is 0.130. The fourth-order valence-electron chi connectivity index (χ4n) is 3.13. The minimum Gasteiger partial charge on any atom is -0.426 e. The molecule has 1 heterocycles. The number of ether oxygens (including phenoxy) is 1. The van der Waals surface area contributed by atoms with E-state index < -0.39 is 0 Å². The lowest BCUT2D eigenvalue weighted by Crippen LogP contribution is -2.43. The van der Waals surface area contributed by atoms with Gasteiger partial charge in [0.2, 0.25) is 0 Å². The first kappa shape index (κ1) is 18.3. The fourth-order valence-corrected chi connectivity index (χ4v) is 4.41. The zero-order chi connectivity index (χ0) is 19.5. The number of rotatable bonds is 4. The maximum atomic E-state index is 13.2. The van der Waals surface area contributed by atoms with Gasteiger partial charge >= 0.3 is 5.97 Å². The van der Waals surface area contributed by atoms with E-state index >= 15 is 0 Å². The number of amides is 1. The van der Waals surface area contributed by atoms with Crippen LogP contribution in [0.2, 0.25) is 0 Å². The number of thioether (sulfide) groups is 1. The van der Waals surface area contributed by atoms with Gasteiger partial charge in [-0.3, -0.25) is 14.5 Å². The van der Waals surface area contributed by atoms with E-state index in [1.54, 1.807) is 17.0 Å². The van der Waals surface area contributed by atoms with E-state index in [4.69, 9.17) is 4.74 Å². The summed E-state index contributed by atoms with van der Waals surface area (Å²) in [6.45, 7) is 2.00. The van der Waals surface area contributed by atoms with Crippen molar-refractivity contribution < 1.29 is 14.3 Å². The van der Waals surface area contributed by atoms with Crippen molar-refractivity contribution in [1.82, 2.24) is 0 Å². The van der Waals surface area contributed by atoms with E-state index in [9.17, 15) is 9.59 Å². The van der Waals surface area contributed by atoms with Gasteiger partial charge in [0, 0.05) is 10.6 Å². The van der Waals surface area contributed by atoms with Gasteiger partial charge in [-0.05, 0) is 43.3 Å². The molecule has 5 heteroatoms. The van der Waals surface area contributed by atoms with Gasteiger partial charge in [0.15, 0.2) is 0 Å². The Kier molecular flexibility index (Phi) is 5.17. The van der Waals surface area contributed by atoms with Crippen molar-refractivity contribution in [3.8, 4) is 5.75 Å². The number of benzene rings is 3. The molecule has 0 radical (unpaired) electrons. The summed E-state index contributed by atoms with van der Waals surface area (Å²) in [5.41, 5.74) is 2.54. The SMILES string of the molecule is Cc1ccc(N2C(=O)c3ccccc3SC2CC(=O)Oc2ccccc2)cc1. The summed E-state index contributed by atoms with van der Waals surface area (Å²) >= 11 is 1.51. The second kappa shape index (κ2) is 7.90. The molecule has 4 rings (SSSR count). The lowest BCUT2D eigenvalue weighted by Gasteiger charge is -2.35. The van der Waals surface area contributed by atoms with Crippen molar-refractivity contribution in [3.05, 3.63) is 90.0 Å². The van der Waals surface area contributed by atoms with Crippen LogP contribution in [0.5, 0.6) is 5.75 Å². The number of carbonyl (C=O) groups is 2. The predicted octanol–water partition coefficient (Wildman–Crippen LogP) is 5.07. The molecule has 1 aliphatic rings. The van der Waals surface area contributed by atoms with Crippen molar-refractivity contribution in [2.24, 2.45) is 0 Å². The molecular formula is C23H19NO3S. The third-order valence-electron chi connectivity index (χ3n) is 4.52. The third kappa shape index (κ3) is 3.80. The molecule has 0 spiro atoms. The van der Waals surface area contributed by atoms with Crippen molar-refractivity contribution in [1.29, 1.82) is 0 Å². The molecule has 28 heavy (non-hydrogen) atoms. The molecule has 1 amide bonds. The lowest BCUT2D eigenvalue weighted by molar-refractivity contribution is -0.134. The van der Waals surface area contributed by atoms with Crippen molar-refractivity contribution in [3.63, 3.8) is 0 Å². The summed E-state index contributed by atoms with van der Waals surface area (Å²) in [7, 11) is 0. The van der Waals surface area contributed by atoms with Crippen LogP contribution >= 0.6 is 11.8 Å². The normalized spacial score (nSPS) is 15.8. The average molecular weight is 389 g/mol. The van der Waals surface area contributed by atoms with E-state index in [-0.39, 0.29) is 23.7 Å². The van der Waals surface area contributed by atoms with Crippen LogP contribution in [0.1, 0.15) is 22.3 Å². The van der Waals surface area contributed by atoms with Crippen LogP contribution in [0.25, 0.3) is 0 Å². The van der Waals surface area contributed by atoms with Gasteiger partial charge in [0.25, 0.3) is 5.91 Å². The Bertz CT molecular complexity index is 1000. The van der Waals surface area contributed by atoms with Crippen LogP contribution < -0.4 is 9.64 Å². The number of hydrogen-bond acceptors (Lipinski definition) is 4. The van der Waals surface area contributed by atoms with Crippen LogP contribution in [-0.4, -0.2) is 17.3 Å². The highest BCUT2D eigenvalue weighted by Crippen LogP contribution is 2.39. The second-order valence-electron chi connectivity index (χ2n) is 6.57. The molecule has 0 N–H and O–H groups in total. The topological polar surface area (TPSA) is 46.6 Å². The Morgan fingerprint density at radius 1 is 0.964 bits per heavy atom. The van der Waals surface area contributed by atoms with Gasteiger partial charge in [0.05, 0.1) is 17.4 Å². The Morgan fingerprint density at radius 3 is 2.39 bits per heavy atom. The Labute approximate surface area is 168 Å². The molecule has 3 aromatic rings. The summed E-state index contributed by atoms with van der Waals surface area (Å²) in [5, 5.41) is -0.374. The highest BCUT2D eigenvalue weighted by molar-refractivity contribution is 8.00. The number of aryl methyl sites for hydroxylation is 1. The smallest absolute Gasteiger partial charge is 0.314 e. The Hall–Kier alpha value is -3.05. The van der Waals surface area contributed by atoms with Crippen LogP contribution in [-0.2, 0) is 4.79 Å². The summed E-state index contributed by atoms with van der Waals surface area (Å²) in [5.74, 6) is 0.0330. The first-order chi connectivity index (χ1) is 13.6. The molecule has 3 aromatic carbocycles. The quantitative estimate of drug-likeness (QED) is 0.462. The van der Waals surface area contributed by atoms with E-state index in [1.165, 1.54) is 11.8 Å². The van der Waals surface area contributed by atoms with E-state index in [0.717, 1.165) is 16.1 Å². The number of fused-ring (bicyclic) bond motifs is 1. The average Bonchev–Trinajstić information content (AvgIpc) is 2.70. The monoisotopic (exact) mass is 389 g/mol. The Balaban J connectivity index is 1.63. The summed E-state index contributed by atoms with van der Waals surface area (Å²) in [6, 6.07) is 24.2. The van der Waals surface area contributed by atoms with E-state index in [2.05, 4.69) is 0 Å². The third-order valence-corrected chi connectivity index (χ3v) is 5.78. The molecule has 0 aromatic heterocycles. The maximum Gasteiger partial charge on any atom is 0.314 e. The summed E-state index contributed by atoms with van der Waals surface area (Å²) in [4.78, 5) is 28.3. The Morgan fingerprint density at radius 2 is 1.64 bits per heavy atom. The molecule has 1 atom stereocenters. The van der Waals surface area contributed by atoms with Gasteiger partial charge in [-0.15, -0.1) is 0 Å². The van der Waals surface area contributed by atoms with Gasteiger partial charge < -0.3 is 4.74 Å². The zero-order valence-corrected chi connectivity index (χ0v) is 16.2. The summed E-state index contributed by atoms with van der Waals surface area (Å²) < 4.78 is 5.45. The minimum absolute atomic E-state index is 0.0908. The minimum atomic E-state index is -0.374. The molecule has 0 aliphatic carbocycles.